The zero-order valence-corrected chi connectivity index (χ0v) is 19.5. The third kappa shape index (κ3) is 5.51. The molecule has 0 fully saturated rings. The predicted molar refractivity (Wildman–Crippen MR) is 135 cm³/mol. The lowest BCUT2D eigenvalue weighted by Gasteiger charge is -2.19. The summed E-state index contributed by atoms with van der Waals surface area (Å²) in [5, 5.41) is 26.2. The van der Waals surface area contributed by atoms with Crippen molar-refractivity contribution in [2.75, 3.05) is 0 Å². The van der Waals surface area contributed by atoms with E-state index in [2.05, 4.69) is 67.9 Å². The van der Waals surface area contributed by atoms with E-state index >= 15 is 0 Å². The van der Waals surface area contributed by atoms with Crippen LogP contribution in [0, 0.1) is 16.7 Å². The second kappa shape index (κ2) is 10.1. The van der Waals surface area contributed by atoms with Gasteiger partial charge in [-0.2, -0.15) is 5.26 Å². The molecule has 4 aromatic rings. The number of aromatic nitrogens is 1. The number of phenols is 1. The highest BCUT2D eigenvalue weighted by molar-refractivity contribution is 5.98. The number of benzene rings is 3. The fraction of sp³-hybridized carbons (Fsp3) is 0.179. The highest BCUT2D eigenvalue weighted by Crippen LogP contribution is 2.24. The molecule has 0 unspecified atom stereocenters. The summed E-state index contributed by atoms with van der Waals surface area (Å²) in [7, 11) is 0. The Morgan fingerprint density at radius 3 is 2.41 bits per heavy atom. The maximum absolute atomic E-state index is 10.6. The fourth-order valence-corrected chi connectivity index (χ4v) is 3.60. The molecule has 172 valence electrons. The largest absolute Gasteiger partial charge is 0.507 e. The SMILES string of the molecule is CC(C)(C)c1ccc(Cn2ccc3c(C=N)cccc32)cc1.N#Cc1cc(C(N)=O)ccc1O. The molecular formula is C28H28N4O2. The van der Waals surface area contributed by atoms with Gasteiger partial charge in [0.15, 0.2) is 0 Å². The van der Waals surface area contributed by atoms with Crippen LogP contribution >= 0.6 is 0 Å². The van der Waals surface area contributed by atoms with Crippen LogP contribution in [0.25, 0.3) is 10.9 Å². The van der Waals surface area contributed by atoms with Gasteiger partial charge in [0, 0.05) is 41.0 Å². The first-order chi connectivity index (χ1) is 16.1. The van der Waals surface area contributed by atoms with E-state index in [9.17, 15) is 4.79 Å². The summed E-state index contributed by atoms with van der Waals surface area (Å²) in [6.45, 7) is 7.57. The van der Waals surface area contributed by atoms with Gasteiger partial charge in [-0.05, 0) is 46.9 Å². The van der Waals surface area contributed by atoms with E-state index < -0.39 is 5.91 Å². The molecule has 0 aliphatic heterocycles. The molecule has 0 saturated heterocycles. The Labute approximate surface area is 199 Å². The van der Waals surface area contributed by atoms with Gasteiger partial charge >= 0.3 is 0 Å². The van der Waals surface area contributed by atoms with Gasteiger partial charge in [-0.1, -0.05) is 57.2 Å². The van der Waals surface area contributed by atoms with Crippen molar-refractivity contribution in [3.05, 3.63) is 101 Å². The molecule has 0 aliphatic carbocycles. The van der Waals surface area contributed by atoms with Crippen molar-refractivity contribution in [3.63, 3.8) is 0 Å². The molecule has 0 radical (unpaired) electrons. The Bertz CT molecular complexity index is 1370. The number of hydrogen-bond acceptors (Lipinski definition) is 4. The molecule has 34 heavy (non-hydrogen) atoms. The Balaban J connectivity index is 0.000000229. The van der Waals surface area contributed by atoms with Crippen molar-refractivity contribution in [1.29, 1.82) is 10.7 Å². The number of aromatic hydroxyl groups is 1. The fourth-order valence-electron chi connectivity index (χ4n) is 3.60. The lowest BCUT2D eigenvalue weighted by atomic mass is 9.87. The van der Waals surface area contributed by atoms with Crippen LogP contribution in [0.3, 0.4) is 0 Å². The average molecular weight is 453 g/mol. The van der Waals surface area contributed by atoms with Gasteiger partial charge < -0.3 is 20.8 Å². The number of primary amides is 1. The molecule has 6 nitrogen and oxygen atoms in total. The number of phenolic OH excluding ortho intramolecular Hbond substituents is 1. The van der Waals surface area contributed by atoms with Crippen LogP contribution in [-0.2, 0) is 12.0 Å². The first-order valence-electron chi connectivity index (χ1n) is 10.8. The quantitative estimate of drug-likeness (QED) is 0.363. The minimum absolute atomic E-state index is 0.0475. The highest BCUT2D eigenvalue weighted by atomic mass is 16.3. The van der Waals surface area contributed by atoms with Crippen LogP contribution in [0.5, 0.6) is 5.75 Å². The third-order valence-corrected chi connectivity index (χ3v) is 5.58. The highest BCUT2D eigenvalue weighted by Gasteiger charge is 2.13. The average Bonchev–Trinajstić information content (AvgIpc) is 3.22. The first kappa shape index (κ1) is 24.3. The van der Waals surface area contributed by atoms with Gasteiger partial charge in [-0.3, -0.25) is 4.79 Å². The van der Waals surface area contributed by atoms with Gasteiger partial charge in [-0.25, -0.2) is 0 Å². The van der Waals surface area contributed by atoms with Crippen molar-refractivity contribution in [2.24, 2.45) is 5.73 Å². The molecule has 1 amide bonds. The molecule has 4 rings (SSSR count). The summed E-state index contributed by atoms with van der Waals surface area (Å²) >= 11 is 0. The molecule has 0 spiro atoms. The number of carbonyl (C=O) groups excluding carboxylic acids is 1. The molecule has 6 heteroatoms. The predicted octanol–water partition coefficient (Wildman–Crippen LogP) is 5.35. The number of amides is 1. The minimum Gasteiger partial charge on any atom is -0.507 e. The van der Waals surface area contributed by atoms with E-state index in [4.69, 9.17) is 21.5 Å². The zero-order valence-electron chi connectivity index (χ0n) is 19.5. The second-order valence-corrected chi connectivity index (χ2v) is 9.02. The number of nitrogens with zero attached hydrogens (tertiary/aromatic N) is 2. The van der Waals surface area contributed by atoms with E-state index in [-0.39, 0.29) is 22.3 Å². The number of nitriles is 1. The zero-order chi connectivity index (χ0) is 24.9. The van der Waals surface area contributed by atoms with Gasteiger partial charge in [0.25, 0.3) is 0 Å². The minimum atomic E-state index is -0.619. The normalized spacial score (nSPS) is 10.8. The van der Waals surface area contributed by atoms with E-state index in [0.717, 1.165) is 17.5 Å². The molecule has 4 N–H and O–H groups in total. The number of hydrogen-bond donors (Lipinski definition) is 3. The van der Waals surface area contributed by atoms with Crippen LogP contribution in [0.4, 0.5) is 0 Å². The Kier molecular flexibility index (Phi) is 7.18. The van der Waals surface area contributed by atoms with Crippen LogP contribution in [0.1, 0.15) is 53.4 Å². The summed E-state index contributed by atoms with van der Waals surface area (Å²) in [5.74, 6) is -0.769. The standard InChI is InChI=1S/C20H22N2.C8H6N2O2/c1-20(2,3)17-9-7-15(8-10-17)14-22-12-11-18-16(13-21)5-4-6-19(18)22;9-4-6-3-5(8(10)12)1-2-7(6)11/h4-13,21H,14H2,1-3H3;1-3,11H,(H2,10,12). The second-order valence-electron chi connectivity index (χ2n) is 9.02. The molecule has 0 saturated carbocycles. The number of fused-ring (bicyclic) bond motifs is 1. The van der Waals surface area contributed by atoms with E-state index in [1.54, 1.807) is 6.07 Å². The van der Waals surface area contributed by atoms with Crippen molar-refractivity contribution < 1.29 is 9.90 Å². The van der Waals surface area contributed by atoms with Crippen molar-refractivity contribution in [2.45, 2.75) is 32.7 Å². The first-order valence-corrected chi connectivity index (χ1v) is 10.8. The van der Waals surface area contributed by atoms with Crippen molar-refractivity contribution >= 4 is 23.0 Å². The van der Waals surface area contributed by atoms with E-state index in [1.165, 1.54) is 41.1 Å². The van der Waals surface area contributed by atoms with Crippen molar-refractivity contribution in [3.8, 4) is 11.8 Å². The molecule has 0 atom stereocenters. The maximum atomic E-state index is 10.6. The number of nitrogens with one attached hydrogen (secondary N) is 1. The molecule has 1 heterocycles. The molecule has 1 aromatic heterocycles. The number of carbonyl (C=O) groups is 1. The molecule has 0 aliphatic rings. The van der Waals surface area contributed by atoms with Crippen LogP contribution in [0.15, 0.2) is 72.9 Å². The van der Waals surface area contributed by atoms with Gasteiger partial charge in [0.1, 0.15) is 11.8 Å². The van der Waals surface area contributed by atoms with Crippen LogP contribution in [-0.4, -0.2) is 21.8 Å². The Hall–Kier alpha value is -4.37. The lowest BCUT2D eigenvalue weighted by molar-refractivity contribution is 0.1000. The van der Waals surface area contributed by atoms with Gasteiger partial charge in [0.2, 0.25) is 5.91 Å². The van der Waals surface area contributed by atoms with Crippen LogP contribution in [0.2, 0.25) is 0 Å². The molecule has 0 bridgehead atoms. The summed E-state index contributed by atoms with van der Waals surface area (Å²) in [6.07, 6.45) is 3.53. The Morgan fingerprint density at radius 2 is 1.82 bits per heavy atom. The van der Waals surface area contributed by atoms with E-state index in [0.29, 0.717) is 0 Å². The topological polar surface area (TPSA) is 116 Å². The monoisotopic (exact) mass is 452 g/mol. The number of nitrogens with two attached hydrogens (primary N) is 1. The smallest absolute Gasteiger partial charge is 0.248 e. The van der Waals surface area contributed by atoms with Crippen LogP contribution < -0.4 is 5.73 Å². The lowest BCUT2D eigenvalue weighted by Crippen LogP contribution is -2.10. The molecule has 3 aromatic carbocycles. The van der Waals surface area contributed by atoms with E-state index in [1.807, 2.05) is 12.1 Å². The third-order valence-electron chi connectivity index (χ3n) is 5.58. The van der Waals surface area contributed by atoms with Gasteiger partial charge in [-0.15, -0.1) is 0 Å². The summed E-state index contributed by atoms with van der Waals surface area (Å²) < 4.78 is 2.24. The molecular weight excluding hydrogens is 424 g/mol. The maximum Gasteiger partial charge on any atom is 0.248 e. The summed E-state index contributed by atoms with van der Waals surface area (Å²) in [4.78, 5) is 10.6. The summed E-state index contributed by atoms with van der Waals surface area (Å²) in [5.41, 5.74) is 10.2. The Morgan fingerprint density at radius 1 is 1.12 bits per heavy atom. The van der Waals surface area contributed by atoms with Gasteiger partial charge in [0.05, 0.1) is 5.56 Å². The van der Waals surface area contributed by atoms with Crippen molar-refractivity contribution in [1.82, 2.24) is 4.57 Å². The number of rotatable bonds is 4. The summed E-state index contributed by atoms with van der Waals surface area (Å²) in [6, 6.07) is 22.7.